The van der Waals surface area contributed by atoms with Crippen molar-refractivity contribution in [3.63, 3.8) is 0 Å². The van der Waals surface area contributed by atoms with E-state index >= 15 is 0 Å². The molecule has 3 nitrogen and oxygen atoms in total. The molecule has 1 aromatic rings. The fourth-order valence-corrected chi connectivity index (χ4v) is 1.42. The van der Waals surface area contributed by atoms with Gasteiger partial charge in [-0.15, -0.1) is 0 Å². The normalized spacial score (nSPS) is 11.9. The van der Waals surface area contributed by atoms with Gasteiger partial charge in [0.2, 0.25) is 0 Å². The van der Waals surface area contributed by atoms with Gasteiger partial charge in [-0.3, -0.25) is 9.98 Å². The minimum absolute atomic E-state index is 0.674. The maximum absolute atomic E-state index is 5.20. The molecule has 1 rings (SSSR count). The van der Waals surface area contributed by atoms with Gasteiger partial charge in [0.25, 0.3) is 0 Å². The van der Waals surface area contributed by atoms with Crippen LogP contribution in [0.25, 0.3) is 0 Å². The highest BCUT2D eigenvalue weighted by Crippen LogP contribution is 2.23. The zero-order valence-corrected chi connectivity index (χ0v) is 10.8. The lowest BCUT2D eigenvalue weighted by atomic mass is 10.2. The summed E-state index contributed by atoms with van der Waals surface area (Å²) in [5.41, 5.74) is 3.44. The van der Waals surface area contributed by atoms with Crippen molar-refractivity contribution in [1.82, 2.24) is 0 Å². The van der Waals surface area contributed by atoms with Gasteiger partial charge >= 0.3 is 0 Å². The van der Waals surface area contributed by atoms with E-state index in [1.54, 1.807) is 13.3 Å². The Morgan fingerprint density at radius 2 is 2.06 bits per heavy atom. The van der Waals surface area contributed by atoms with E-state index in [9.17, 15) is 0 Å². The molecule has 0 bridgehead atoms. The number of aliphatic imine (C=N–C) groups is 2. The van der Waals surface area contributed by atoms with Crippen LogP contribution in [-0.2, 0) is 0 Å². The van der Waals surface area contributed by atoms with Crippen molar-refractivity contribution >= 4 is 17.6 Å². The number of aryl methyl sites for hydroxylation is 1. The Balaban J connectivity index is 3.05. The number of hydrogen-bond acceptors (Lipinski definition) is 3. The number of ether oxygens (including phenoxy) is 1. The molecule has 1 aromatic carbocycles. The minimum Gasteiger partial charge on any atom is -0.497 e. The largest absolute Gasteiger partial charge is 0.497 e. The summed E-state index contributed by atoms with van der Waals surface area (Å²) in [6.45, 7) is 9.60. The zero-order chi connectivity index (χ0) is 12.8. The quantitative estimate of drug-likeness (QED) is 0.726. The number of methoxy groups -OCH3 is 1. The number of benzene rings is 1. The fraction of sp³-hybridized carbons (Fsp3) is 0.286. The molecule has 0 aromatic heterocycles. The molecule has 0 spiro atoms. The second-order valence-corrected chi connectivity index (χ2v) is 3.74. The predicted molar refractivity (Wildman–Crippen MR) is 73.8 cm³/mol. The third-order valence-electron chi connectivity index (χ3n) is 2.27. The van der Waals surface area contributed by atoms with E-state index in [-0.39, 0.29) is 0 Å². The summed E-state index contributed by atoms with van der Waals surface area (Å²) in [5, 5.41) is 0. The van der Waals surface area contributed by atoms with Crippen molar-refractivity contribution in [2.75, 3.05) is 7.11 Å². The summed E-state index contributed by atoms with van der Waals surface area (Å²) in [6.07, 6.45) is 1.71. The Morgan fingerprint density at radius 3 is 2.65 bits per heavy atom. The first-order valence-electron chi connectivity index (χ1n) is 5.45. The SMILES string of the molecule is C=C(N=CC)C(C)=Nc1cc(C)cc(OC)c1. The Hall–Kier alpha value is -1.90. The molecule has 0 aliphatic heterocycles. The van der Waals surface area contributed by atoms with Crippen molar-refractivity contribution in [2.24, 2.45) is 9.98 Å². The Labute approximate surface area is 103 Å². The molecule has 3 heteroatoms. The van der Waals surface area contributed by atoms with Crippen LogP contribution in [0.1, 0.15) is 19.4 Å². The van der Waals surface area contributed by atoms with Gasteiger partial charge in [-0.25, -0.2) is 0 Å². The topological polar surface area (TPSA) is 34.0 Å². The summed E-state index contributed by atoms with van der Waals surface area (Å²) >= 11 is 0. The summed E-state index contributed by atoms with van der Waals surface area (Å²) in [4.78, 5) is 8.57. The molecule has 0 aliphatic carbocycles. The number of allylic oxidation sites excluding steroid dienone is 1. The molecule has 90 valence electrons. The Kier molecular flexibility index (Phi) is 4.64. The van der Waals surface area contributed by atoms with Crippen LogP contribution in [0.4, 0.5) is 5.69 Å². The molecule has 0 atom stereocenters. The lowest BCUT2D eigenvalue weighted by molar-refractivity contribution is 0.414. The Bertz CT molecular complexity index is 473. The number of rotatable bonds is 4. The molecule has 0 N–H and O–H groups in total. The van der Waals surface area contributed by atoms with Crippen LogP contribution in [0.3, 0.4) is 0 Å². The highest BCUT2D eigenvalue weighted by atomic mass is 16.5. The summed E-state index contributed by atoms with van der Waals surface area (Å²) in [5.74, 6) is 0.807. The van der Waals surface area contributed by atoms with Crippen LogP contribution in [0, 0.1) is 6.92 Å². The molecule has 0 radical (unpaired) electrons. The Morgan fingerprint density at radius 1 is 1.35 bits per heavy atom. The minimum atomic E-state index is 0.674. The van der Waals surface area contributed by atoms with E-state index < -0.39 is 0 Å². The molecule has 0 unspecified atom stereocenters. The molecule has 0 saturated carbocycles. The molecule has 0 aliphatic rings. The van der Waals surface area contributed by atoms with E-state index in [1.807, 2.05) is 39.0 Å². The summed E-state index contributed by atoms with van der Waals surface area (Å²) in [6, 6.07) is 5.85. The maximum Gasteiger partial charge on any atom is 0.121 e. The van der Waals surface area contributed by atoms with Crippen LogP contribution >= 0.6 is 0 Å². The number of hydrogen-bond donors (Lipinski definition) is 0. The lowest BCUT2D eigenvalue weighted by Gasteiger charge is -2.04. The van der Waals surface area contributed by atoms with Crippen LogP contribution in [0.2, 0.25) is 0 Å². The highest BCUT2D eigenvalue weighted by molar-refractivity contribution is 5.99. The van der Waals surface area contributed by atoms with Gasteiger partial charge in [-0.2, -0.15) is 0 Å². The molecule has 0 heterocycles. The first kappa shape index (κ1) is 13.2. The van der Waals surface area contributed by atoms with Gasteiger partial charge in [0, 0.05) is 12.3 Å². The zero-order valence-electron chi connectivity index (χ0n) is 10.8. The van der Waals surface area contributed by atoms with Crippen molar-refractivity contribution in [1.29, 1.82) is 0 Å². The van der Waals surface area contributed by atoms with Crippen LogP contribution in [0.15, 0.2) is 40.5 Å². The van der Waals surface area contributed by atoms with E-state index in [2.05, 4.69) is 16.6 Å². The van der Waals surface area contributed by atoms with Gasteiger partial charge in [0.15, 0.2) is 0 Å². The first-order valence-corrected chi connectivity index (χ1v) is 5.45. The smallest absolute Gasteiger partial charge is 0.121 e. The van der Waals surface area contributed by atoms with Crippen molar-refractivity contribution < 1.29 is 4.74 Å². The van der Waals surface area contributed by atoms with Crippen molar-refractivity contribution in [3.8, 4) is 5.75 Å². The van der Waals surface area contributed by atoms with Gasteiger partial charge in [-0.05, 0) is 38.5 Å². The molecular formula is C14H18N2O. The third-order valence-corrected chi connectivity index (χ3v) is 2.27. The van der Waals surface area contributed by atoms with Crippen LogP contribution in [-0.4, -0.2) is 19.0 Å². The highest BCUT2D eigenvalue weighted by Gasteiger charge is 2.00. The van der Waals surface area contributed by atoms with E-state index in [4.69, 9.17) is 4.74 Å². The molecule has 17 heavy (non-hydrogen) atoms. The maximum atomic E-state index is 5.20. The average molecular weight is 230 g/mol. The monoisotopic (exact) mass is 230 g/mol. The average Bonchev–Trinajstić information content (AvgIpc) is 2.28. The summed E-state index contributed by atoms with van der Waals surface area (Å²) < 4.78 is 5.20. The van der Waals surface area contributed by atoms with Crippen LogP contribution < -0.4 is 4.74 Å². The second kappa shape index (κ2) is 5.99. The molecular weight excluding hydrogens is 212 g/mol. The van der Waals surface area contributed by atoms with E-state index in [0.29, 0.717) is 5.70 Å². The van der Waals surface area contributed by atoms with Gasteiger partial charge in [0.1, 0.15) is 5.75 Å². The molecule has 0 amide bonds. The standard InChI is InChI=1S/C14H18N2O/c1-6-15-11(3)12(4)16-13-7-10(2)8-14(9-13)17-5/h6-9H,3H2,1-2,4-5H3. The molecule has 0 fully saturated rings. The van der Waals surface area contributed by atoms with E-state index in [1.165, 1.54) is 0 Å². The first-order chi connectivity index (χ1) is 8.06. The van der Waals surface area contributed by atoms with Crippen molar-refractivity contribution in [3.05, 3.63) is 36.0 Å². The van der Waals surface area contributed by atoms with Gasteiger partial charge in [-0.1, -0.05) is 6.58 Å². The third kappa shape index (κ3) is 3.87. The summed E-state index contributed by atoms with van der Waals surface area (Å²) in [7, 11) is 1.65. The fourth-order valence-electron chi connectivity index (χ4n) is 1.42. The van der Waals surface area contributed by atoms with E-state index in [0.717, 1.165) is 22.7 Å². The van der Waals surface area contributed by atoms with Crippen molar-refractivity contribution in [2.45, 2.75) is 20.8 Å². The van der Waals surface area contributed by atoms with Gasteiger partial charge in [0.05, 0.1) is 24.2 Å². The number of nitrogens with zero attached hydrogens (tertiary/aromatic N) is 2. The molecule has 0 saturated heterocycles. The predicted octanol–water partition coefficient (Wildman–Crippen LogP) is 3.70. The van der Waals surface area contributed by atoms with Gasteiger partial charge < -0.3 is 4.74 Å². The van der Waals surface area contributed by atoms with Crippen LogP contribution in [0.5, 0.6) is 5.75 Å². The lowest BCUT2D eigenvalue weighted by Crippen LogP contribution is -1.93. The second-order valence-electron chi connectivity index (χ2n) is 3.74.